The van der Waals surface area contributed by atoms with E-state index in [9.17, 15) is 4.79 Å². The fourth-order valence-electron chi connectivity index (χ4n) is 4.67. The molecule has 1 fully saturated rings. The van der Waals surface area contributed by atoms with E-state index in [-0.39, 0.29) is 28.6 Å². The molecular formula is C27H30ClFN2O4S. The van der Waals surface area contributed by atoms with Crippen LogP contribution in [0.1, 0.15) is 36.4 Å². The first-order chi connectivity index (χ1) is 17.2. The topological polar surface area (TPSA) is 69.7 Å². The molecule has 0 bridgehead atoms. The Morgan fingerprint density at radius 3 is 2.78 bits per heavy atom. The second kappa shape index (κ2) is 10.7. The lowest BCUT2D eigenvalue weighted by Crippen LogP contribution is -2.45. The summed E-state index contributed by atoms with van der Waals surface area (Å²) in [6.07, 6.45) is 4.55. The van der Waals surface area contributed by atoms with Gasteiger partial charge in [0.15, 0.2) is 11.6 Å². The van der Waals surface area contributed by atoms with Crippen molar-refractivity contribution < 1.29 is 23.4 Å². The summed E-state index contributed by atoms with van der Waals surface area (Å²) >= 11 is 8.14. The summed E-state index contributed by atoms with van der Waals surface area (Å²) < 4.78 is 32.7. The van der Waals surface area contributed by atoms with Gasteiger partial charge in [-0.1, -0.05) is 32.0 Å². The van der Waals surface area contributed by atoms with E-state index in [4.69, 9.17) is 25.8 Å². The van der Waals surface area contributed by atoms with Crippen molar-refractivity contribution in [3.63, 3.8) is 0 Å². The number of nitrogens with one attached hydrogen (secondary N) is 1. The molecule has 1 aliphatic rings. The highest BCUT2D eigenvalue weighted by Gasteiger charge is 2.34. The first kappa shape index (κ1) is 26.4. The van der Waals surface area contributed by atoms with Crippen LogP contribution in [0.15, 0.2) is 37.1 Å². The van der Waals surface area contributed by atoms with E-state index in [1.807, 2.05) is 20.0 Å². The minimum absolute atomic E-state index is 0.00637. The van der Waals surface area contributed by atoms with E-state index in [2.05, 4.69) is 29.0 Å². The van der Waals surface area contributed by atoms with Gasteiger partial charge < -0.3 is 19.5 Å². The number of aromatic nitrogens is 1. The van der Waals surface area contributed by atoms with Crippen molar-refractivity contribution in [2.24, 2.45) is 5.92 Å². The molecule has 2 aromatic heterocycles. The Morgan fingerprint density at radius 1 is 1.33 bits per heavy atom. The molecule has 9 heteroatoms. The number of halogens is 2. The number of benzene rings is 1. The fourth-order valence-corrected chi connectivity index (χ4v) is 6.24. The largest absolute Gasteiger partial charge is 0.495 e. The van der Waals surface area contributed by atoms with Gasteiger partial charge in [-0.05, 0) is 36.4 Å². The predicted octanol–water partition coefficient (Wildman–Crippen LogP) is 5.68. The minimum Gasteiger partial charge on any atom is -0.495 e. The Balaban J connectivity index is 1.66. The molecule has 6 nitrogen and oxygen atoms in total. The summed E-state index contributed by atoms with van der Waals surface area (Å²) in [6, 6.07) is 5.57. The summed E-state index contributed by atoms with van der Waals surface area (Å²) in [5.41, 5.74) is 0.468. The number of fused-ring (bicyclic) bond motifs is 1. The molecule has 2 unspecified atom stereocenters. The van der Waals surface area contributed by atoms with E-state index in [1.54, 1.807) is 11.3 Å². The number of pyridine rings is 1. The smallest absolute Gasteiger partial charge is 0.243 e. The van der Waals surface area contributed by atoms with Gasteiger partial charge in [0.05, 0.1) is 30.5 Å². The van der Waals surface area contributed by atoms with Crippen molar-refractivity contribution >= 4 is 38.9 Å². The first-order valence-corrected chi connectivity index (χ1v) is 12.9. The van der Waals surface area contributed by atoms with E-state index >= 15 is 4.39 Å². The van der Waals surface area contributed by atoms with Gasteiger partial charge in [0.1, 0.15) is 5.75 Å². The summed E-state index contributed by atoms with van der Waals surface area (Å²) in [5.74, 6) is -0.137. The summed E-state index contributed by atoms with van der Waals surface area (Å²) in [4.78, 5) is 17.5. The van der Waals surface area contributed by atoms with Gasteiger partial charge in [-0.3, -0.25) is 9.78 Å². The summed E-state index contributed by atoms with van der Waals surface area (Å²) in [6.45, 7) is 8.58. The Hall–Kier alpha value is -2.68. The number of nitrogens with zero attached hydrogens (tertiary/aromatic N) is 1. The average molecular weight is 533 g/mol. The molecule has 4 rings (SSSR count). The molecule has 1 saturated heterocycles. The third kappa shape index (κ3) is 5.08. The number of rotatable bonds is 8. The first-order valence-electron chi connectivity index (χ1n) is 11.7. The van der Waals surface area contributed by atoms with Crippen LogP contribution in [0.3, 0.4) is 0 Å². The third-order valence-corrected chi connectivity index (χ3v) is 8.52. The average Bonchev–Trinajstić information content (AvgIpc) is 3.30. The highest BCUT2D eigenvalue weighted by molar-refractivity contribution is 7.19. The van der Waals surface area contributed by atoms with Crippen molar-refractivity contribution in [2.45, 2.75) is 38.1 Å². The van der Waals surface area contributed by atoms with E-state index in [0.717, 1.165) is 27.1 Å². The van der Waals surface area contributed by atoms with Crippen LogP contribution in [0.5, 0.6) is 11.5 Å². The normalized spacial score (nSPS) is 18.2. The molecule has 36 heavy (non-hydrogen) atoms. The van der Waals surface area contributed by atoms with Gasteiger partial charge in [0.25, 0.3) is 0 Å². The lowest BCUT2D eigenvalue weighted by atomic mass is 9.82. The molecule has 1 amide bonds. The van der Waals surface area contributed by atoms with Crippen molar-refractivity contribution in [3.05, 3.63) is 64.0 Å². The molecule has 2 atom stereocenters. The fraction of sp³-hybridized carbons (Fsp3) is 0.407. The zero-order valence-electron chi connectivity index (χ0n) is 20.8. The number of hydrogen-bond acceptors (Lipinski definition) is 6. The van der Waals surface area contributed by atoms with Gasteiger partial charge in [0.2, 0.25) is 5.91 Å². The monoisotopic (exact) mass is 532 g/mol. The second-order valence-electron chi connectivity index (χ2n) is 9.38. The van der Waals surface area contributed by atoms with Gasteiger partial charge in [-0.25, -0.2) is 4.39 Å². The van der Waals surface area contributed by atoms with Gasteiger partial charge in [-0.15, -0.1) is 11.3 Å². The molecule has 1 N–H and O–H groups in total. The predicted molar refractivity (Wildman–Crippen MR) is 141 cm³/mol. The quantitative estimate of drug-likeness (QED) is 0.378. The maximum absolute atomic E-state index is 15.4. The number of methoxy groups -OCH3 is 2. The zero-order valence-corrected chi connectivity index (χ0v) is 22.4. The van der Waals surface area contributed by atoms with Crippen molar-refractivity contribution in [3.8, 4) is 11.5 Å². The van der Waals surface area contributed by atoms with E-state index < -0.39 is 11.2 Å². The highest BCUT2D eigenvalue weighted by atomic mass is 35.5. The van der Waals surface area contributed by atoms with E-state index in [1.165, 1.54) is 26.4 Å². The van der Waals surface area contributed by atoms with Crippen LogP contribution in [0, 0.1) is 11.7 Å². The molecule has 1 aliphatic heterocycles. The van der Waals surface area contributed by atoms with E-state index in [0.29, 0.717) is 30.9 Å². The molecular weight excluding hydrogens is 503 g/mol. The SMILES string of the molecule is C=CC(=O)NC1CCOCC1Cc1cc2cc(C(C)(C)c3c(F)c(OC)cc(OC)c3Cl)sc2cn1. The number of carbonyl (C=O) groups excluding carboxylic acids is 1. The Morgan fingerprint density at radius 2 is 2.08 bits per heavy atom. The Kier molecular flexibility index (Phi) is 7.87. The van der Waals surface area contributed by atoms with Crippen LogP contribution in [0.25, 0.3) is 10.1 Å². The van der Waals surface area contributed by atoms with Gasteiger partial charge in [0, 0.05) is 52.4 Å². The second-order valence-corrected chi connectivity index (χ2v) is 10.8. The molecule has 3 aromatic rings. The number of carbonyl (C=O) groups is 1. The molecule has 0 aliphatic carbocycles. The molecule has 0 saturated carbocycles. The van der Waals surface area contributed by atoms with Crippen LogP contribution in [0.2, 0.25) is 5.02 Å². The van der Waals surface area contributed by atoms with Gasteiger partial charge in [-0.2, -0.15) is 0 Å². The summed E-state index contributed by atoms with van der Waals surface area (Å²) in [5, 5.41) is 4.26. The van der Waals surface area contributed by atoms with Crippen molar-refractivity contribution in [2.75, 3.05) is 27.4 Å². The number of amides is 1. The van der Waals surface area contributed by atoms with Crippen molar-refractivity contribution in [1.82, 2.24) is 10.3 Å². The molecule has 0 radical (unpaired) electrons. The summed E-state index contributed by atoms with van der Waals surface area (Å²) in [7, 11) is 2.91. The standard InChI is InChI=1S/C27H30ClFN2O4S/c1-6-23(32)31-18-7-8-35-14-16(18)10-17-9-15-11-22(36-21(15)13-30-17)27(2,3)24-25(28)19(33-4)12-20(34-5)26(24)29/h6,9,11-13,16,18H,1,7-8,10,14H2,2-5H3,(H,31,32). The van der Waals surface area contributed by atoms with Crippen molar-refractivity contribution in [1.29, 1.82) is 0 Å². The van der Waals surface area contributed by atoms with Crippen LogP contribution >= 0.6 is 22.9 Å². The number of thiophene rings is 1. The molecule has 3 heterocycles. The van der Waals surface area contributed by atoms with Gasteiger partial charge >= 0.3 is 0 Å². The maximum atomic E-state index is 15.4. The van der Waals surface area contributed by atoms with Crippen LogP contribution in [-0.4, -0.2) is 44.4 Å². The Bertz CT molecular complexity index is 1260. The zero-order chi connectivity index (χ0) is 26.0. The third-order valence-electron chi connectivity index (χ3n) is 6.73. The van der Waals surface area contributed by atoms with Crippen LogP contribution in [-0.2, 0) is 21.4 Å². The molecule has 1 aromatic carbocycles. The lowest BCUT2D eigenvalue weighted by Gasteiger charge is -2.31. The molecule has 192 valence electrons. The number of ether oxygens (including phenoxy) is 3. The number of hydrogen-bond donors (Lipinski definition) is 1. The Labute approximate surface area is 219 Å². The lowest BCUT2D eigenvalue weighted by molar-refractivity contribution is -0.118. The minimum atomic E-state index is -0.760. The van der Waals surface area contributed by atoms with Crippen LogP contribution in [0.4, 0.5) is 4.39 Å². The van der Waals surface area contributed by atoms with Crippen LogP contribution < -0.4 is 14.8 Å². The molecule has 0 spiro atoms. The maximum Gasteiger partial charge on any atom is 0.243 e. The highest BCUT2D eigenvalue weighted by Crippen LogP contribution is 2.47.